The predicted molar refractivity (Wildman–Crippen MR) is 62.3 cm³/mol. The van der Waals surface area contributed by atoms with Gasteiger partial charge in [0.15, 0.2) is 0 Å². The Morgan fingerprint density at radius 2 is 1.79 bits per heavy atom. The maximum absolute atomic E-state index is 9.45. The first kappa shape index (κ1) is 12.0. The smallest absolute Gasteiger partial charge is 0.143 e. The molecule has 14 heavy (non-hydrogen) atoms. The van der Waals surface area contributed by atoms with Gasteiger partial charge in [-0.1, -0.05) is 0 Å². The van der Waals surface area contributed by atoms with Gasteiger partial charge in [0.1, 0.15) is 5.75 Å². The maximum Gasteiger partial charge on any atom is 0.143 e. The van der Waals surface area contributed by atoms with E-state index in [0.717, 1.165) is 5.56 Å². The number of hydrogen-bond donors (Lipinski definition) is 3. The van der Waals surface area contributed by atoms with E-state index in [0.29, 0.717) is 15.4 Å². The minimum atomic E-state index is -0.265. The van der Waals surface area contributed by atoms with Gasteiger partial charge < -0.3 is 15.9 Å². The molecule has 0 amide bonds. The van der Waals surface area contributed by atoms with Crippen molar-refractivity contribution in [2.45, 2.75) is 12.5 Å². The van der Waals surface area contributed by atoms with Crippen molar-refractivity contribution in [2.75, 3.05) is 6.61 Å². The van der Waals surface area contributed by atoms with E-state index in [4.69, 9.17) is 10.8 Å². The molecule has 0 aliphatic carbocycles. The Morgan fingerprint density at radius 3 is 2.21 bits per heavy atom. The molecule has 78 valence electrons. The fourth-order valence-electron chi connectivity index (χ4n) is 1.10. The van der Waals surface area contributed by atoms with Gasteiger partial charge in [-0.05, 0) is 56.0 Å². The lowest BCUT2D eigenvalue weighted by atomic mass is 10.1. The lowest BCUT2D eigenvalue weighted by Gasteiger charge is -2.09. The van der Waals surface area contributed by atoms with Crippen LogP contribution in [-0.2, 0) is 6.42 Å². The Bertz CT molecular complexity index is 308. The van der Waals surface area contributed by atoms with Gasteiger partial charge in [0.25, 0.3) is 0 Å². The van der Waals surface area contributed by atoms with Crippen LogP contribution in [-0.4, -0.2) is 22.9 Å². The molecule has 5 heteroatoms. The van der Waals surface area contributed by atoms with E-state index in [-0.39, 0.29) is 18.4 Å². The summed E-state index contributed by atoms with van der Waals surface area (Å²) in [5, 5.41) is 18.2. The first-order valence-electron chi connectivity index (χ1n) is 4.08. The van der Waals surface area contributed by atoms with Crippen LogP contribution in [0.15, 0.2) is 21.1 Å². The molecule has 0 heterocycles. The summed E-state index contributed by atoms with van der Waals surface area (Å²) in [5.74, 6) is 0.173. The van der Waals surface area contributed by atoms with Crippen LogP contribution in [0.5, 0.6) is 5.75 Å². The van der Waals surface area contributed by atoms with Gasteiger partial charge in [-0.25, -0.2) is 0 Å². The fourth-order valence-corrected chi connectivity index (χ4v) is 2.38. The molecule has 0 aliphatic rings. The van der Waals surface area contributed by atoms with E-state index in [1.54, 1.807) is 12.1 Å². The van der Waals surface area contributed by atoms with Crippen LogP contribution < -0.4 is 5.73 Å². The van der Waals surface area contributed by atoms with Gasteiger partial charge in [-0.2, -0.15) is 0 Å². The lowest BCUT2D eigenvalue weighted by Crippen LogP contribution is -2.26. The lowest BCUT2D eigenvalue weighted by molar-refractivity contribution is 0.265. The Morgan fingerprint density at radius 1 is 1.29 bits per heavy atom. The van der Waals surface area contributed by atoms with Crippen molar-refractivity contribution in [1.82, 2.24) is 0 Å². The third kappa shape index (κ3) is 2.95. The Kier molecular flexibility index (Phi) is 4.37. The molecule has 1 aromatic rings. The molecule has 1 aromatic carbocycles. The summed E-state index contributed by atoms with van der Waals surface area (Å²) >= 11 is 6.45. The summed E-state index contributed by atoms with van der Waals surface area (Å²) in [7, 11) is 0. The number of aliphatic hydroxyl groups excluding tert-OH is 1. The molecule has 0 spiro atoms. The molecule has 0 radical (unpaired) electrons. The molecule has 1 unspecified atom stereocenters. The highest BCUT2D eigenvalue weighted by Gasteiger charge is 2.08. The monoisotopic (exact) mass is 323 g/mol. The molecule has 0 saturated carbocycles. The van der Waals surface area contributed by atoms with Crippen LogP contribution in [0.2, 0.25) is 0 Å². The topological polar surface area (TPSA) is 66.5 Å². The highest BCUT2D eigenvalue weighted by molar-refractivity contribution is 9.11. The summed E-state index contributed by atoms with van der Waals surface area (Å²) in [4.78, 5) is 0. The third-order valence-corrected chi connectivity index (χ3v) is 3.02. The van der Waals surface area contributed by atoms with Crippen molar-refractivity contribution in [3.8, 4) is 5.75 Å². The average molecular weight is 325 g/mol. The normalized spacial score (nSPS) is 12.9. The Balaban J connectivity index is 2.89. The van der Waals surface area contributed by atoms with Gasteiger partial charge in [0, 0.05) is 6.04 Å². The van der Waals surface area contributed by atoms with Crippen LogP contribution in [0.1, 0.15) is 5.56 Å². The van der Waals surface area contributed by atoms with Crippen LogP contribution in [0.4, 0.5) is 0 Å². The molecule has 3 nitrogen and oxygen atoms in total. The summed E-state index contributed by atoms with van der Waals surface area (Å²) < 4.78 is 1.24. The molecular weight excluding hydrogens is 314 g/mol. The van der Waals surface area contributed by atoms with Gasteiger partial charge in [0.2, 0.25) is 0 Å². The molecular formula is C9H11Br2NO2. The van der Waals surface area contributed by atoms with E-state index in [2.05, 4.69) is 31.9 Å². The number of halogens is 2. The number of aliphatic hydroxyl groups is 1. The van der Waals surface area contributed by atoms with Crippen molar-refractivity contribution in [3.63, 3.8) is 0 Å². The van der Waals surface area contributed by atoms with Crippen LogP contribution in [0, 0.1) is 0 Å². The van der Waals surface area contributed by atoms with Crippen molar-refractivity contribution in [2.24, 2.45) is 5.73 Å². The van der Waals surface area contributed by atoms with E-state index in [1.165, 1.54) is 0 Å². The second-order valence-electron chi connectivity index (χ2n) is 3.05. The van der Waals surface area contributed by atoms with Crippen molar-refractivity contribution in [1.29, 1.82) is 0 Å². The highest BCUT2D eigenvalue weighted by Crippen LogP contribution is 2.33. The van der Waals surface area contributed by atoms with Gasteiger partial charge in [-0.15, -0.1) is 0 Å². The second-order valence-corrected chi connectivity index (χ2v) is 4.76. The van der Waals surface area contributed by atoms with Crippen LogP contribution in [0.25, 0.3) is 0 Å². The zero-order valence-corrected chi connectivity index (χ0v) is 10.5. The molecule has 0 aromatic heterocycles. The number of rotatable bonds is 3. The Hall–Kier alpha value is -0.100. The number of phenolic OH excluding ortho intramolecular Hbond substituents is 1. The SMILES string of the molecule is NC(CO)Cc1cc(Br)c(O)c(Br)c1. The molecule has 1 rings (SSSR count). The van der Waals surface area contributed by atoms with Crippen molar-refractivity contribution < 1.29 is 10.2 Å². The van der Waals surface area contributed by atoms with Gasteiger partial charge in [-0.3, -0.25) is 0 Å². The maximum atomic E-state index is 9.45. The molecule has 4 N–H and O–H groups in total. The van der Waals surface area contributed by atoms with Gasteiger partial charge in [0.05, 0.1) is 15.6 Å². The number of phenols is 1. The molecule has 0 bridgehead atoms. The largest absolute Gasteiger partial charge is 0.506 e. The Labute approximate surface area is 99.2 Å². The minimum absolute atomic E-state index is 0.0455. The molecule has 0 saturated heterocycles. The second kappa shape index (κ2) is 5.11. The van der Waals surface area contributed by atoms with E-state index in [9.17, 15) is 5.11 Å². The van der Waals surface area contributed by atoms with Gasteiger partial charge >= 0.3 is 0 Å². The summed E-state index contributed by atoms with van der Waals surface area (Å²) in [5.41, 5.74) is 6.56. The summed E-state index contributed by atoms with van der Waals surface area (Å²) in [6, 6.07) is 3.31. The van der Waals surface area contributed by atoms with Crippen LogP contribution >= 0.6 is 31.9 Å². The number of hydrogen-bond acceptors (Lipinski definition) is 3. The van der Waals surface area contributed by atoms with E-state index in [1.807, 2.05) is 0 Å². The first-order valence-corrected chi connectivity index (χ1v) is 5.66. The average Bonchev–Trinajstić information content (AvgIpc) is 2.14. The van der Waals surface area contributed by atoms with Crippen molar-refractivity contribution in [3.05, 3.63) is 26.6 Å². The van der Waals surface area contributed by atoms with E-state index < -0.39 is 0 Å². The molecule has 0 fully saturated rings. The van der Waals surface area contributed by atoms with Crippen LogP contribution in [0.3, 0.4) is 0 Å². The summed E-state index contributed by atoms with van der Waals surface area (Å²) in [6.45, 7) is -0.0455. The first-order chi connectivity index (χ1) is 6.54. The standard InChI is InChI=1S/C9H11Br2NO2/c10-7-2-5(1-6(12)4-13)3-8(11)9(7)14/h2-3,6,13-14H,1,4,12H2. The predicted octanol–water partition coefficient (Wildman–Crippen LogP) is 1.78. The van der Waals surface area contributed by atoms with E-state index >= 15 is 0 Å². The zero-order chi connectivity index (χ0) is 10.7. The molecule has 1 atom stereocenters. The summed E-state index contributed by atoms with van der Waals surface area (Å²) in [6.07, 6.45) is 0.577. The third-order valence-electron chi connectivity index (χ3n) is 1.81. The number of benzene rings is 1. The highest BCUT2D eigenvalue weighted by atomic mass is 79.9. The quantitative estimate of drug-likeness (QED) is 0.794. The number of aromatic hydroxyl groups is 1. The fraction of sp³-hybridized carbons (Fsp3) is 0.333. The van der Waals surface area contributed by atoms with Crippen molar-refractivity contribution >= 4 is 31.9 Å². The zero-order valence-electron chi connectivity index (χ0n) is 7.37. The molecule has 0 aliphatic heterocycles. The number of nitrogens with two attached hydrogens (primary N) is 1. The minimum Gasteiger partial charge on any atom is -0.506 e.